The lowest BCUT2D eigenvalue weighted by Gasteiger charge is -2.21. The van der Waals surface area contributed by atoms with Crippen LogP contribution in [-0.2, 0) is 10.0 Å². The molecule has 0 aromatic heterocycles. The number of carbonyl (C=O) groups excluding carboxylic acids is 2. The molecule has 0 heterocycles. The Morgan fingerprint density at radius 3 is 2.29 bits per heavy atom. The van der Waals surface area contributed by atoms with Gasteiger partial charge in [-0.2, -0.15) is 4.31 Å². The fourth-order valence-corrected chi connectivity index (χ4v) is 4.94. The first-order valence-electron chi connectivity index (χ1n) is 10.7. The van der Waals surface area contributed by atoms with Crippen molar-refractivity contribution in [2.75, 3.05) is 18.4 Å². The van der Waals surface area contributed by atoms with Gasteiger partial charge in [0.2, 0.25) is 10.0 Å². The molecule has 0 spiro atoms. The van der Waals surface area contributed by atoms with E-state index in [0.29, 0.717) is 37.2 Å². The van der Waals surface area contributed by atoms with Gasteiger partial charge < -0.3 is 10.6 Å². The molecule has 31 heavy (non-hydrogen) atoms. The van der Waals surface area contributed by atoms with Crippen LogP contribution < -0.4 is 10.6 Å². The Morgan fingerprint density at radius 2 is 1.65 bits per heavy atom. The standard InChI is InChI=1S/C23H29N3O4S/c1-3-14-26(15-4-2)31(29,30)19-9-7-8-17(16-19)22(27)25-21-11-6-5-10-20(21)23(28)24-18-12-13-18/h5-11,16,18H,3-4,12-15H2,1-2H3,(H,24,28)(H,25,27). The zero-order valence-electron chi connectivity index (χ0n) is 17.9. The third-order valence-electron chi connectivity index (χ3n) is 5.01. The predicted octanol–water partition coefficient (Wildman–Crippen LogP) is 3.64. The molecule has 2 aromatic carbocycles. The summed E-state index contributed by atoms with van der Waals surface area (Å²) in [5, 5.41) is 5.67. The van der Waals surface area contributed by atoms with Gasteiger partial charge in [0.25, 0.3) is 11.8 Å². The van der Waals surface area contributed by atoms with Crippen molar-refractivity contribution in [1.29, 1.82) is 0 Å². The number of nitrogens with zero attached hydrogens (tertiary/aromatic N) is 1. The van der Waals surface area contributed by atoms with Crippen molar-refractivity contribution in [1.82, 2.24) is 9.62 Å². The van der Waals surface area contributed by atoms with Crippen molar-refractivity contribution >= 4 is 27.5 Å². The molecule has 0 unspecified atom stereocenters. The summed E-state index contributed by atoms with van der Waals surface area (Å²) in [6.45, 7) is 4.71. The van der Waals surface area contributed by atoms with E-state index in [2.05, 4.69) is 10.6 Å². The molecule has 166 valence electrons. The van der Waals surface area contributed by atoms with Gasteiger partial charge >= 0.3 is 0 Å². The van der Waals surface area contributed by atoms with Gasteiger partial charge in [0, 0.05) is 24.7 Å². The minimum atomic E-state index is -3.69. The highest BCUT2D eigenvalue weighted by Gasteiger charge is 2.26. The van der Waals surface area contributed by atoms with Crippen LogP contribution in [0.3, 0.4) is 0 Å². The summed E-state index contributed by atoms with van der Waals surface area (Å²) >= 11 is 0. The maximum absolute atomic E-state index is 13.0. The summed E-state index contributed by atoms with van der Waals surface area (Å²) in [6.07, 6.45) is 3.35. The number of sulfonamides is 1. The highest BCUT2D eigenvalue weighted by molar-refractivity contribution is 7.89. The van der Waals surface area contributed by atoms with E-state index in [1.807, 2.05) is 13.8 Å². The molecule has 0 aliphatic heterocycles. The maximum Gasteiger partial charge on any atom is 0.255 e. The van der Waals surface area contributed by atoms with Gasteiger partial charge in [-0.25, -0.2) is 8.42 Å². The average molecular weight is 444 g/mol. The zero-order valence-corrected chi connectivity index (χ0v) is 18.7. The van der Waals surface area contributed by atoms with Gasteiger partial charge in [0.1, 0.15) is 0 Å². The van der Waals surface area contributed by atoms with E-state index in [9.17, 15) is 18.0 Å². The molecule has 7 nitrogen and oxygen atoms in total. The fourth-order valence-electron chi connectivity index (χ4n) is 3.27. The van der Waals surface area contributed by atoms with Crippen LogP contribution in [0.25, 0.3) is 0 Å². The maximum atomic E-state index is 13.0. The van der Waals surface area contributed by atoms with Crippen LogP contribution in [0, 0.1) is 0 Å². The molecule has 2 amide bonds. The van der Waals surface area contributed by atoms with Crippen molar-refractivity contribution in [2.45, 2.75) is 50.5 Å². The molecule has 1 saturated carbocycles. The summed E-state index contributed by atoms with van der Waals surface area (Å²) in [4.78, 5) is 25.4. The van der Waals surface area contributed by atoms with Crippen molar-refractivity contribution in [3.8, 4) is 0 Å². The number of hydrogen-bond donors (Lipinski definition) is 2. The van der Waals surface area contributed by atoms with E-state index in [4.69, 9.17) is 0 Å². The average Bonchev–Trinajstić information content (AvgIpc) is 3.58. The monoisotopic (exact) mass is 443 g/mol. The number of carbonyl (C=O) groups is 2. The molecule has 0 atom stereocenters. The van der Waals surface area contributed by atoms with Crippen LogP contribution in [0.15, 0.2) is 53.4 Å². The molecule has 0 bridgehead atoms. The highest BCUT2D eigenvalue weighted by Crippen LogP contribution is 2.23. The van der Waals surface area contributed by atoms with Crippen LogP contribution >= 0.6 is 0 Å². The third kappa shape index (κ3) is 5.71. The Hall–Kier alpha value is -2.71. The van der Waals surface area contributed by atoms with Crippen LogP contribution in [0.4, 0.5) is 5.69 Å². The second-order valence-corrected chi connectivity index (χ2v) is 9.62. The molecule has 0 radical (unpaired) electrons. The molecule has 1 aliphatic rings. The van der Waals surface area contributed by atoms with Gasteiger partial charge in [0.15, 0.2) is 0 Å². The molecule has 3 rings (SSSR count). The number of para-hydroxylation sites is 1. The Labute approximate surface area is 183 Å². The smallest absolute Gasteiger partial charge is 0.255 e. The van der Waals surface area contributed by atoms with Crippen LogP contribution in [-0.4, -0.2) is 43.7 Å². The second kappa shape index (κ2) is 10.1. The number of hydrogen-bond acceptors (Lipinski definition) is 4. The van der Waals surface area contributed by atoms with Gasteiger partial charge in [-0.05, 0) is 56.0 Å². The quantitative estimate of drug-likeness (QED) is 0.586. The summed E-state index contributed by atoms with van der Waals surface area (Å²) in [5.41, 5.74) is 0.979. The number of anilines is 1. The van der Waals surface area contributed by atoms with Gasteiger partial charge in [-0.1, -0.05) is 32.0 Å². The summed E-state index contributed by atoms with van der Waals surface area (Å²) in [5.74, 6) is -0.703. The number of rotatable bonds is 10. The summed E-state index contributed by atoms with van der Waals surface area (Å²) < 4.78 is 27.5. The predicted molar refractivity (Wildman–Crippen MR) is 121 cm³/mol. The van der Waals surface area contributed by atoms with Gasteiger partial charge in [-0.15, -0.1) is 0 Å². The lowest BCUT2D eigenvalue weighted by atomic mass is 10.1. The number of nitrogens with one attached hydrogen (secondary N) is 2. The highest BCUT2D eigenvalue weighted by atomic mass is 32.2. The topological polar surface area (TPSA) is 95.6 Å². The first kappa shape index (κ1) is 23.0. The Kier molecular flexibility index (Phi) is 7.46. The van der Waals surface area contributed by atoms with Gasteiger partial charge in [-0.3, -0.25) is 9.59 Å². The van der Waals surface area contributed by atoms with Crippen molar-refractivity contribution in [2.24, 2.45) is 0 Å². The van der Waals surface area contributed by atoms with E-state index in [1.54, 1.807) is 36.4 Å². The molecule has 2 N–H and O–H groups in total. The first-order chi connectivity index (χ1) is 14.9. The molecule has 0 saturated heterocycles. The van der Waals surface area contributed by atoms with Crippen LogP contribution in [0.1, 0.15) is 60.2 Å². The lowest BCUT2D eigenvalue weighted by molar-refractivity contribution is 0.0952. The largest absolute Gasteiger partial charge is 0.349 e. The lowest BCUT2D eigenvalue weighted by Crippen LogP contribution is -2.32. The van der Waals surface area contributed by atoms with E-state index in [1.165, 1.54) is 16.4 Å². The molecule has 2 aromatic rings. The number of amides is 2. The third-order valence-corrected chi connectivity index (χ3v) is 6.91. The Balaban J connectivity index is 1.82. The summed E-state index contributed by atoms with van der Waals surface area (Å²) in [7, 11) is -3.69. The minimum Gasteiger partial charge on any atom is -0.349 e. The fraction of sp³-hybridized carbons (Fsp3) is 0.391. The van der Waals surface area contributed by atoms with E-state index in [-0.39, 0.29) is 22.4 Å². The van der Waals surface area contributed by atoms with E-state index < -0.39 is 15.9 Å². The second-order valence-electron chi connectivity index (χ2n) is 7.68. The molecular weight excluding hydrogens is 414 g/mol. The molecule has 1 aliphatic carbocycles. The minimum absolute atomic E-state index is 0.0850. The van der Waals surface area contributed by atoms with Crippen molar-refractivity contribution in [3.05, 3.63) is 59.7 Å². The molecular formula is C23H29N3O4S. The number of benzene rings is 2. The van der Waals surface area contributed by atoms with E-state index in [0.717, 1.165) is 12.8 Å². The SMILES string of the molecule is CCCN(CCC)S(=O)(=O)c1cccc(C(=O)Nc2ccccc2C(=O)NC2CC2)c1. The first-order valence-corrected chi connectivity index (χ1v) is 12.1. The van der Waals surface area contributed by atoms with Crippen molar-refractivity contribution < 1.29 is 18.0 Å². The Morgan fingerprint density at radius 1 is 0.968 bits per heavy atom. The zero-order chi connectivity index (χ0) is 22.4. The molecule has 1 fully saturated rings. The van der Waals surface area contributed by atoms with Gasteiger partial charge in [0.05, 0.1) is 16.1 Å². The molecule has 8 heteroatoms. The van der Waals surface area contributed by atoms with Crippen LogP contribution in [0.2, 0.25) is 0 Å². The van der Waals surface area contributed by atoms with E-state index >= 15 is 0 Å². The summed E-state index contributed by atoms with van der Waals surface area (Å²) in [6, 6.07) is 13.0. The van der Waals surface area contributed by atoms with Crippen LogP contribution in [0.5, 0.6) is 0 Å². The Bertz CT molecular complexity index is 1040. The normalized spacial score (nSPS) is 13.8. The van der Waals surface area contributed by atoms with Crippen molar-refractivity contribution in [3.63, 3.8) is 0 Å².